The van der Waals surface area contributed by atoms with Crippen LogP contribution in [-0.4, -0.2) is 10.2 Å². The molecule has 4 aliphatic rings. The van der Waals surface area contributed by atoms with Crippen LogP contribution in [0.4, 0.5) is 0 Å². The lowest BCUT2D eigenvalue weighted by Crippen LogP contribution is -2.51. The molecule has 0 bridgehead atoms. The van der Waals surface area contributed by atoms with E-state index in [0.29, 0.717) is 28.8 Å². The molecule has 6 atom stereocenters. The summed E-state index contributed by atoms with van der Waals surface area (Å²) in [5.41, 5.74) is 0.422. The third-order valence-corrected chi connectivity index (χ3v) is 7.80. The van der Waals surface area contributed by atoms with Gasteiger partial charge in [-0.3, -0.25) is 0 Å². The van der Waals surface area contributed by atoms with Crippen LogP contribution in [0.3, 0.4) is 0 Å². The number of fused-ring (bicyclic) bond motifs is 5. The van der Waals surface area contributed by atoms with E-state index in [0.717, 1.165) is 37.5 Å². The Morgan fingerprint density at radius 2 is 1.86 bits per heavy atom. The fourth-order valence-corrected chi connectivity index (χ4v) is 6.39. The number of hydrogen-bond donors (Lipinski definition) is 2. The molecular weight excluding hydrogens is 260 g/mol. The zero-order chi connectivity index (χ0) is 14.8. The third-order valence-electron chi connectivity index (χ3n) is 7.80. The predicted octanol–water partition coefficient (Wildman–Crippen LogP) is 5.13. The van der Waals surface area contributed by atoms with E-state index in [9.17, 15) is 10.2 Å². The van der Waals surface area contributed by atoms with Gasteiger partial charge in [0.2, 0.25) is 0 Å². The topological polar surface area (TPSA) is 40.5 Å². The van der Waals surface area contributed by atoms with Gasteiger partial charge in [-0.05, 0) is 79.8 Å². The van der Waals surface area contributed by atoms with Crippen LogP contribution >= 0.6 is 0 Å². The maximum Gasteiger partial charge on any atom is 0.0944 e. The molecule has 0 spiro atoms. The van der Waals surface area contributed by atoms with Crippen LogP contribution < -0.4 is 0 Å². The molecule has 0 aromatic heterocycles. The minimum atomic E-state index is 0.0526. The molecule has 4 aliphatic carbocycles. The average molecular weight is 288 g/mol. The van der Waals surface area contributed by atoms with Crippen LogP contribution in [0.5, 0.6) is 0 Å². The Balaban J connectivity index is 1.66. The first-order chi connectivity index (χ1) is 9.95. The maximum atomic E-state index is 10.3. The first-order valence-corrected chi connectivity index (χ1v) is 8.74. The molecule has 2 saturated carbocycles. The van der Waals surface area contributed by atoms with E-state index in [-0.39, 0.29) is 5.41 Å². The number of aliphatic hydroxyl groups excluding tert-OH is 2. The summed E-state index contributed by atoms with van der Waals surface area (Å²) in [4.78, 5) is 0. The molecule has 0 radical (unpaired) electrons. The van der Waals surface area contributed by atoms with Gasteiger partial charge >= 0.3 is 0 Å². The molecule has 0 aromatic rings. The van der Waals surface area contributed by atoms with Crippen LogP contribution in [0.2, 0.25) is 0 Å². The predicted molar refractivity (Wildman–Crippen MR) is 83.9 cm³/mol. The lowest BCUT2D eigenvalue weighted by molar-refractivity contribution is -0.0854. The molecule has 0 amide bonds. The highest BCUT2D eigenvalue weighted by molar-refractivity contribution is 5.21. The molecular formula is C19H28O2. The molecule has 116 valence electrons. The molecule has 0 aliphatic heterocycles. The summed E-state index contributed by atoms with van der Waals surface area (Å²) >= 11 is 0. The summed E-state index contributed by atoms with van der Waals surface area (Å²) < 4.78 is 0. The maximum absolute atomic E-state index is 10.3. The van der Waals surface area contributed by atoms with Crippen molar-refractivity contribution in [1.29, 1.82) is 0 Å². The fourth-order valence-electron chi connectivity index (χ4n) is 6.39. The Labute approximate surface area is 127 Å². The minimum Gasteiger partial charge on any atom is -0.513 e. The summed E-state index contributed by atoms with van der Waals surface area (Å²) in [6, 6.07) is 0. The van der Waals surface area contributed by atoms with Crippen LogP contribution in [0.1, 0.15) is 58.8 Å². The molecule has 0 unspecified atom stereocenters. The Morgan fingerprint density at radius 1 is 1.05 bits per heavy atom. The van der Waals surface area contributed by atoms with Gasteiger partial charge in [0, 0.05) is 11.8 Å². The van der Waals surface area contributed by atoms with Gasteiger partial charge in [-0.2, -0.15) is 0 Å². The molecule has 2 heteroatoms. The van der Waals surface area contributed by atoms with E-state index < -0.39 is 0 Å². The van der Waals surface area contributed by atoms with Gasteiger partial charge in [-0.25, -0.2) is 0 Å². The zero-order valence-electron chi connectivity index (χ0n) is 13.3. The number of hydrogen-bond acceptors (Lipinski definition) is 2. The highest BCUT2D eigenvalue weighted by Gasteiger charge is 2.58. The molecule has 0 saturated heterocycles. The van der Waals surface area contributed by atoms with Gasteiger partial charge < -0.3 is 10.2 Å². The summed E-state index contributed by atoms with van der Waals surface area (Å²) in [5.74, 6) is 4.04. The van der Waals surface area contributed by atoms with Crippen molar-refractivity contribution in [3.63, 3.8) is 0 Å². The van der Waals surface area contributed by atoms with Crippen LogP contribution in [0.15, 0.2) is 23.7 Å². The second-order valence-corrected chi connectivity index (χ2v) is 8.51. The highest BCUT2D eigenvalue weighted by atomic mass is 16.3. The minimum absolute atomic E-state index is 0.0526. The van der Waals surface area contributed by atoms with Gasteiger partial charge in [0.25, 0.3) is 0 Å². The Hall–Kier alpha value is -0.920. The molecule has 2 N–H and O–H groups in total. The second kappa shape index (κ2) is 4.30. The quantitative estimate of drug-likeness (QED) is 0.648. The molecule has 0 heterocycles. The van der Waals surface area contributed by atoms with Crippen molar-refractivity contribution in [3.05, 3.63) is 23.7 Å². The standard InChI is InChI=1S/C19H28O2/c1-18-9-7-13(20)11-12(18)3-4-14-15-5-6-17(21)19(15,2)10-8-16(14)18/h6,11-12,14-16,20-21H,3-5,7-10H2,1-2H3/t12-,14+,15+,16+,18+,19+/m1/s1. The van der Waals surface area contributed by atoms with Crippen molar-refractivity contribution in [3.8, 4) is 0 Å². The van der Waals surface area contributed by atoms with E-state index in [1.807, 2.05) is 0 Å². The number of rotatable bonds is 0. The lowest BCUT2D eigenvalue weighted by atomic mass is 9.46. The second-order valence-electron chi connectivity index (χ2n) is 8.51. The Kier molecular flexibility index (Phi) is 2.81. The summed E-state index contributed by atoms with van der Waals surface area (Å²) in [6.07, 6.45) is 12.2. The summed E-state index contributed by atoms with van der Waals surface area (Å²) in [7, 11) is 0. The monoisotopic (exact) mass is 288 g/mol. The van der Waals surface area contributed by atoms with E-state index in [4.69, 9.17) is 0 Å². The van der Waals surface area contributed by atoms with E-state index in [2.05, 4.69) is 26.0 Å². The van der Waals surface area contributed by atoms with Gasteiger partial charge in [0.05, 0.1) is 11.5 Å². The average Bonchev–Trinajstić information content (AvgIpc) is 2.76. The van der Waals surface area contributed by atoms with Crippen molar-refractivity contribution in [2.75, 3.05) is 0 Å². The normalized spacial score (nSPS) is 52.3. The van der Waals surface area contributed by atoms with E-state index in [1.54, 1.807) is 0 Å². The Morgan fingerprint density at radius 3 is 2.67 bits per heavy atom. The SMILES string of the molecule is C[C@]12CCC(O)=C[C@H]1CC[C@@H]1[C@@H]2CC[C@]2(C)C(O)=CC[C@@H]12. The van der Waals surface area contributed by atoms with Crippen LogP contribution in [0, 0.1) is 34.5 Å². The molecule has 0 aromatic carbocycles. The van der Waals surface area contributed by atoms with Crippen molar-refractivity contribution < 1.29 is 10.2 Å². The number of allylic oxidation sites excluding steroid dienone is 4. The summed E-state index contributed by atoms with van der Waals surface area (Å²) in [5, 5.41) is 20.2. The van der Waals surface area contributed by atoms with E-state index >= 15 is 0 Å². The molecule has 21 heavy (non-hydrogen) atoms. The molecule has 2 fully saturated rings. The van der Waals surface area contributed by atoms with E-state index in [1.165, 1.54) is 19.3 Å². The van der Waals surface area contributed by atoms with Crippen molar-refractivity contribution >= 4 is 0 Å². The first kappa shape index (κ1) is 13.7. The summed E-state index contributed by atoms with van der Waals surface area (Å²) in [6.45, 7) is 4.76. The molecule has 4 rings (SSSR count). The number of aliphatic hydroxyl groups is 2. The zero-order valence-corrected chi connectivity index (χ0v) is 13.3. The highest BCUT2D eigenvalue weighted by Crippen LogP contribution is 2.65. The first-order valence-electron chi connectivity index (χ1n) is 8.74. The fraction of sp³-hybridized carbons (Fsp3) is 0.789. The van der Waals surface area contributed by atoms with Gasteiger partial charge in [0.15, 0.2) is 0 Å². The van der Waals surface area contributed by atoms with Crippen LogP contribution in [-0.2, 0) is 0 Å². The smallest absolute Gasteiger partial charge is 0.0944 e. The van der Waals surface area contributed by atoms with Gasteiger partial charge in [0.1, 0.15) is 0 Å². The van der Waals surface area contributed by atoms with Gasteiger partial charge in [-0.15, -0.1) is 0 Å². The van der Waals surface area contributed by atoms with Crippen molar-refractivity contribution in [2.24, 2.45) is 34.5 Å². The largest absolute Gasteiger partial charge is 0.513 e. The lowest BCUT2D eigenvalue weighted by Gasteiger charge is -2.59. The van der Waals surface area contributed by atoms with Crippen LogP contribution in [0.25, 0.3) is 0 Å². The molecule has 2 nitrogen and oxygen atoms in total. The van der Waals surface area contributed by atoms with Crippen molar-refractivity contribution in [2.45, 2.75) is 58.8 Å². The third kappa shape index (κ3) is 1.71. The Bertz CT molecular complexity index is 520. The van der Waals surface area contributed by atoms with Crippen molar-refractivity contribution in [1.82, 2.24) is 0 Å². The van der Waals surface area contributed by atoms with Gasteiger partial charge in [-0.1, -0.05) is 13.8 Å².